The van der Waals surface area contributed by atoms with Crippen molar-refractivity contribution >= 4 is 31.5 Å². The molecule has 0 saturated heterocycles. The number of halogens is 1. The van der Waals surface area contributed by atoms with Gasteiger partial charge in [0.25, 0.3) is 0 Å². The first kappa shape index (κ1) is 10.5. The summed E-state index contributed by atoms with van der Waals surface area (Å²) in [6.07, 6.45) is 0. The molecule has 0 aliphatic carbocycles. The molecule has 0 spiro atoms. The van der Waals surface area contributed by atoms with E-state index >= 15 is 0 Å². The average Bonchev–Trinajstić information content (AvgIpc) is 2.02. The number of nitrogens with one attached hydrogen (secondary N) is 1. The average molecular weight is 216 g/mol. The minimum atomic E-state index is -0.249. The second-order valence-corrected chi connectivity index (χ2v) is 4.19. The lowest BCUT2D eigenvalue weighted by Gasteiger charge is -2.02. The summed E-state index contributed by atoms with van der Waals surface area (Å²) in [5.74, 6) is 0.160. The van der Waals surface area contributed by atoms with Crippen molar-refractivity contribution < 1.29 is 4.39 Å². The van der Waals surface area contributed by atoms with Gasteiger partial charge in [0, 0.05) is 5.75 Å². The summed E-state index contributed by atoms with van der Waals surface area (Å²) in [6.45, 7) is 0. The van der Waals surface area contributed by atoms with Gasteiger partial charge in [0.15, 0.2) is 5.17 Å². The fourth-order valence-corrected chi connectivity index (χ4v) is 1.62. The molecule has 0 bridgehead atoms. The first-order valence-corrected chi connectivity index (χ1v) is 5.16. The van der Waals surface area contributed by atoms with E-state index in [0.29, 0.717) is 11.3 Å². The van der Waals surface area contributed by atoms with Crippen LogP contribution in [-0.2, 0) is 5.75 Å². The summed E-state index contributed by atoms with van der Waals surface area (Å²) >= 11 is 1.12. The molecule has 3 N–H and O–H groups in total. The van der Waals surface area contributed by atoms with Crippen LogP contribution in [-0.4, -0.2) is 5.17 Å². The first-order chi connectivity index (χ1) is 6.09. The summed E-state index contributed by atoms with van der Waals surface area (Å²) in [6, 6.07) is 4.96. The van der Waals surface area contributed by atoms with Crippen molar-refractivity contribution in [1.29, 1.82) is 5.41 Å². The fraction of sp³-hybridized carbons (Fsp3) is 0.125. The number of nitrogens with two attached hydrogens (primary N) is 1. The largest absolute Gasteiger partial charge is 0.379 e. The molecule has 5 heteroatoms. The van der Waals surface area contributed by atoms with Crippen molar-refractivity contribution in [3.63, 3.8) is 0 Å². The molecule has 0 aromatic heterocycles. The monoisotopic (exact) mass is 216 g/mol. The third kappa shape index (κ3) is 3.33. The zero-order valence-corrected chi connectivity index (χ0v) is 8.85. The molecule has 2 nitrogen and oxygen atoms in total. The Bertz CT molecular complexity index is 330. The highest BCUT2D eigenvalue weighted by molar-refractivity contribution is 8.13. The molecule has 1 aromatic rings. The van der Waals surface area contributed by atoms with Gasteiger partial charge < -0.3 is 5.73 Å². The summed E-state index contributed by atoms with van der Waals surface area (Å²) < 4.78 is 13.2. The zero-order chi connectivity index (χ0) is 9.84. The minimum absolute atomic E-state index is 0.00866. The maximum atomic E-state index is 13.2. The van der Waals surface area contributed by atoms with E-state index in [1.54, 1.807) is 6.07 Å². The highest BCUT2D eigenvalue weighted by Crippen LogP contribution is 2.14. The van der Waals surface area contributed by atoms with Crippen molar-refractivity contribution in [3.8, 4) is 0 Å². The molecule has 1 atom stereocenters. The summed E-state index contributed by atoms with van der Waals surface area (Å²) in [5, 5.41) is 7.79. The van der Waals surface area contributed by atoms with Gasteiger partial charge in [-0.25, -0.2) is 4.39 Å². The maximum absolute atomic E-state index is 13.2. The molecule has 0 heterocycles. The lowest BCUT2D eigenvalue weighted by atomic mass is 10.2. The van der Waals surface area contributed by atoms with E-state index in [1.807, 2.05) is 6.07 Å². The van der Waals surface area contributed by atoms with Gasteiger partial charge in [-0.3, -0.25) is 5.41 Å². The molecule has 0 aliphatic heterocycles. The maximum Gasteiger partial charge on any atom is 0.151 e. The molecule has 0 aliphatic rings. The number of benzene rings is 1. The van der Waals surface area contributed by atoms with Crippen molar-refractivity contribution in [3.05, 3.63) is 29.6 Å². The van der Waals surface area contributed by atoms with Gasteiger partial charge >= 0.3 is 0 Å². The quantitative estimate of drug-likeness (QED) is 0.446. The predicted octanol–water partition coefficient (Wildman–Crippen LogP) is 1.45. The summed E-state index contributed by atoms with van der Waals surface area (Å²) in [4.78, 5) is 0. The summed E-state index contributed by atoms with van der Waals surface area (Å²) in [5.41, 5.74) is 5.72. The number of thioether (sulfide) groups is 1. The Balaban J connectivity index is 2.72. The van der Waals surface area contributed by atoms with Crippen LogP contribution in [0.5, 0.6) is 0 Å². The van der Waals surface area contributed by atoms with E-state index < -0.39 is 0 Å². The molecule has 1 rings (SSSR count). The van der Waals surface area contributed by atoms with Gasteiger partial charge in [-0.1, -0.05) is 23.9 Å². The predicted molar refractivity (Wildman–Crippen MR) is 59.0 cm³/mol. The lowest BCUT2D eigenvalue weighted by molar-refractivity contribution is 0.618. The normalized spacial score (nSPS) is 10.0. The van der Waals surface area contributed by atoms with Gasteiger partial charge in [0.1, 0.15) is 5.82 Å². The van der Waals surface area contributed by atoms with E-state index in [-0.39, 0.29) is 11.0 Å². The molecule has 0 fully saturated rings. The van der Waals surface area contributed by atoms with Crippen LogP contribution in [0.25, 0.3) is 0 Å². The van der Waals surface area contributed by atoms with Crippen molar-refractivity contribution in [2.24, 2.45) is 5.73 Å². The number of amidine groups is 1. The second kappa shape index (κ2) is 4.58. The number of rotatable bonds is 2. The smallest absolute Gasteiger partial charge is 0.151 e. The van der Waals surface area contributed by atoms with Crippen LogP contribution in [0.4, 0.5) is 4.39 Å². The van der Waals surface area contributed by atoms with Crippen LogP contribution in [0.15, 0.2) is 18.2 Å². The van der Waals surface area contributed by atoms with E-state index in [9.17, 15) is 4.39 Å². The number of hydrogen-bond donors (Lipinski definition) is 2. The highest BCUT2D eigenvalue weighted by Gasteiger charge is 2.02. The van der Waals surface area contributed by atoms with E-state index in [0.717, 1.165) is 17.1 Å². The van der Waals surface area contributed by atoms with Crippen molar-refractivity contribution in [2.45, 2.75) is 5.75 Å². The van der Waals surface area contributed by atoms with Gasteiger partial charge in [0.05, 0.1) is 0 Å². The minimum Gasteiger partial charge on any atom is -0.379 e. The van der Waals surface area contributed by atoms with Crippen LogP contribution < -0.4 is 11.0 Å². The summed E-state index contributed by atoms with van der Waals surface area (Å²) in [7, 11) is 2.43. The van der Waals surface area contributed by atoms with Crippen LogP contribution in [0.2, 0.25) is 0 Å². The van der Waals surface area contributed by atoms with Crippen LogP contribution in [0.3, 0.4) is 0 Å². The first-order valence-electron chi connectivity index (χ1n) is 3.60. The molecular formula is C8H10FN2PS. The third-order valence-electron chi connectivity index (χ3n) is 1.46. The van der Waals surface area contributed by atoms with Crippen molar-refractivity contribution in [2.75, 3.05) is 0 Å². The Morgan fingerprint density at radius 1 is 1.62 bits per heavy atom. The van der Waals surface area contributed by atoms with Gasteiger partial charge in [0.2, 0.25) is 0 Å². The SMILES string of the molecule is N=C(N)SCc1ccc(P)cc1F. The second-order valence-electron chi connectivity index (χ2n) is 2.50. The van der Waals surface area contributed by atoms with Crippen LogP contribution in [0, 0.1) is 11.2 Å². The number of hydrogen-bond acceptors (Lipinski definition) is 2. The highest BCUT2D eigenvalue weighted by atomic mass is 32.2. The lowest BCUT2D eigenvalue weighted by Crippen LogP contribution is -2.05. The molecular weight excluding hydrogens is 206 g/mol. The zero-order valence-electron chi connectivity index (χ0n) is 6.88. The van der Waals surface area contributed by atoms with Gasteiger partial charge in [-0.2, -0.15) is 0 Å². The van der Waals surface area contributed by atoms with E-state index in [4.69, 9.17) is 11.1 Å². The molecule has 0 saturated carbocycles. The Hall–Kier alpha value is -0.600. The molecule has 1 unspecified atom stereocenters. The van der Waals surface area contributed by atoms with E-state index in [2.05, 4.69) is 9.24 Å². The Morgan fingerprint density at radius 2 is 2.31 bits per heavy atom. The molecule has 13 heavy (non-hydrogen) atoms. The van der Waals surface area contributed by atoms with Gasteiger partial charge in [-0.05, 0) is 16.9 Å². The van der Waals surface area contributed by atoms with E-state index in [1.165, 1.54) is 6.07 Å². The molecule has 0 radical (unpaired) electrons. The molecule has 70 valence electrons. The van der Waals surface area contributed by atoms with Crippen LogP contribution >= 0.6 is 21.0 Å². The third-order valence-corrected chi connectivity index (χ3v) is 2.59. The fourth-order valence-electron chi connectivity index (χ4n) is 0.836. The molecule has 0 amide bonds. The Kier molecular flexibility index (Phi) is 3.70. The van der Waals surface area contributed by atoms with Crippen molar-refractivity contribution in [1.82, 2.24) is 0 Å². The molecule has 1 aromatic carbocycles. The topological polar surface area (TPSA) is 49.9 Å². The Labute approximate surface area is 82.8 Å². The standard InChI is InChI=1S/C8H10FN2PS/c9-7-3-6(12)2-1-5(7)4-13-8(10)11/h1-3H,4,12H2,(H3,10,11). The van der Waals surface area contributed by atoms with Crippen LogP contribution in [0.1, 0.15) is 5.56 Å². The Morgan fingerprint density at radius 3 is 2.85 bits per heavy atom. The van der Waals surface area contributed by atoms with Gasteiger partial charge in [-0.15, -0.1) is 9.24 Å².